The predicted molar refractivity (Wildman–Crippen MR) is 580 cm³/mol. The van der Waals surface area contributed by atoms with Gasteiger partial charge in [0, 0.05) is 76.8 Å². The highest BCUT2D eigenvalue weighted by molar-refractivity contribution is 6.19. The first-order valence-corrected chi connectivity index (χ1v) is 47.3. The molecule has 24 aromatic carbocycles. The number of furan rings is 3. The third-order valence-electron chi connectivity index (χ3n) is 27.8. The van der Waals surface area contributed by atoms with Gasteiger partial charge in [0.1, 0.15) is 33.5 Å². The number of rotatable bonds is 9. The van der Waals surface area contributed by atoms with Crippen LogP contribution in [0.1, 0.15) is 0 Å². The molecule has 0 unspecified atom stereocenters. The molecule has 0 saturated carbocycles. The molecule has 6 heterocycles. The third kappa shape index (κ3) is 14.1. The fraction of sp³-hybridized carbons (Fsp3) is 0. The molecule has 12 heteroatoms. The standard InChI is InChI=1S/3C43H25N3O/c1-2-11-27-22-31(21-20-26(27)10-1)41-44-42(36-19-9-18-35-37-23-28-12-3-4-13-29(28)25-39(37)47-40(35)36)46-43(45-41)38-24-30-14-5-6-15-32(30)33-16-7-8-17-34(33)38;1-2-10-27-21-31(18-17-26(27)9-1)41-44-42(32-19-20-36-37-22-28-11-3-4-12-29(28)24-40(37)47-39(36)25-32)46-43(45-41)38-23-30-13-5-6-14-33(30)34-15-7-8-16-35(34)38;1-2-10-29-22-32(20-16-26(29)8-1)41-44-42(33-21-19-28-18-17-27-9-5-6-13-34(27)36(28)24-33)46-43(45-41)35-14-7-15-38-40(35)37-23-30-11-3-4-12-31(30)25-39(37)47-38/h3*1-25H. The van der Waals surface area contributed by atoms with Gasteiger partial charge in [-0.25, -0.2) is 44.9 Å². The monoisotopic (exact) mass is 1800 g/mol. The van der Waals surface area contributed by atoms with Crippen molar-refractivity contribution in [3.63, 3.8) is 0 Å². The Morgan fingerprint density at radius 1 is 0.121 bits per heavy atom. The summed E-state index contributed by atoms with van der Waals surface area (Å²) in [6, 6.07) is 159. The Morgan fingerprint density at radius 3 is 0.887 bits per heavy atom. The lowest BCUT2D eigenvalue weighted by Gasteiger charge is -2.13. The van der Waals surface area contributed by atoms with E-state index in [-0.39, 0.29) is 0 Å². The highest BCUT2D eigenvalue weighted by atomic mass is 16.3. The number of hydrogen-bond acceptors (Lipinski definition) is 12. The van der Waals surface area contributed by atoms with E-state index in [0.717, 1.165) is 175 Å². The van der Waals surface area contributed by atoms with Gasteiger partial charge in [0.25, 0.3) is 0 Å². The van der Waals surface area contributed by atoms with Gasteiger partial charge in [-0.1, -0.05) is 358 Å². The second-order valence-corrected chi connectivity index (χ2v) is 36.2. The van der Waals surface area contributed by atoms with E-state index < -0.39 is 0 Å². The van der Waals surface area contributed by atoms with Gasteiger partial charge in [0.2, 0.25) is 0 Å². The molecule has 0 fully saturated rings. The molecule has 0 saturated heterocycles. The minimum atomic E-state index is 0.574. The van der Waals surface area contributed by atoms with Crippen molar-refractivity contribution < 1.29 is 13.3 Å². The van der Waals surface area contributed by atoms with Crippen molar-refractivity contribution in [2.75, 3.05) is 0 Å². The zero-order chi connectivity index (χ0) is 92.7. The first kappa shape index (κ1) is 80.3. The van der Waals surface area contributed by atoms with Gasteiger partial charge in [-0.2, -0.15) is 0 Å². The van der Waals surface area contributed by atoms with Gasteiger partial charge >= 0.3 is 0 Å². The second-order valence-electron chi connectivity index (χ2n) is 36.2. The van der Waals surface area contributed by atoms with Crippen LogP contribution in [-0.2, 0) is 0 Å². The quantitative estimate of drug-likeness (QED) is 0.126. The van der Waals surface area contributed by atoms with E-state index in [1.807, 2.05) is 18.2 Å². The Kier molecular flexibility index (Phi) is 18.7. The van der Waals surface area contributed by atoms with Crippen molar-refractivity contribution in [1.82, 2.24) is 44.9 Å². The number of benzene rings is 24. The van der Waals surface area contributed by atoms with Crippen molar-refractivity contribution >= 4 is 195 Å². The molecule has 0 amide bonds. The Labute approximate surface area is 805 Å². The molecule has 0 spiro atoms. The van der Waals surface area contributed by atoms with E-state index in [9.17, 15) is 0 Å². The maximum absolute atomic E-state index is 6.62. The molecule has 0 aliphatic rings. The molecule has 30 aromatic rings. The molecule has 0 aliphatic heterocycles. The molecule has 141 heavy (non-hydrogen) atoms. The van der Waals surface area contributed by atoms with Crippen molar-refractivity contribution in [2.45, 2.75) is 0 Å². The van der Waals surface area contributed by atoms with Crippen LogP contribution in [0, 0.1) is 0 Å². The number of fused-ring (bicyclic) bond motifs is 24. The highest BCUT2D eigenvalue weighted by Gasteiger charge is 2.26. The van der Waals surface area contributed by atoms with Crippen LogP contribution in [0.4, 0.5) is 0 Å². The van der Waals surface area contributed by atoms with Crippen LogP contribution < -0.4 is 0 Å². The highest BCUT2D eigenvalue weighted by Crippen LogP contribution is 2.46. The SMILES string of the molecule is c1ccc2cc(-c3nc(-c4cc5ccccc5c5ccccc45)nc(-c4cccc5c4oc4cc6ccccc6cc45)n3)ccc2c1.c1ccc2cc(-c3nc(-c4ccc5c(c4)oc4cc6ccccc6cc45)nc(-c4cc5ccccc5c5ccccc45)n3)ccc2c1.c1ccc2cc(-c3nc(-c4ccc5ccc6ccccc6c5c4)nc(-c4cccc5oc6cc7ccccc7cc6c45)n3)ccc2c1. The minimum absolute atomic E-state index is 0.574. The lowest BCUT2D eigenvalue weighted by atomic mass is 9.97. The number of aromatic nitrogens is 9. The zero-order valence-electron chi connectivity index (χ0n) is 75.6. The fourth-order valence-corrected chi connectivity index (χ4v) is 20.8. The molecule has 6 aromatic heterocycles. The molecule has 0 radical (unpaired) electrons. The second kappa shape index (κ2) is 32.8. The maximum Gasteiger partial charge on any atom is 0.167 e. The van der Waals surface area contributed by atoms with Gasteiger partial charge in [-0.05, 0) is 226 Å². The lowest BCUT2D eigenvalue weighted by molar-refractivity contribution is 0.669. The van der Waals surface area contributed by atoms with E-state index in [2.05, 4.69) is 437 Å². The topological polar surface area (TPSA) is 155 Å². The van der Waals surface area contributed by atoms with Gasteiger partial charge in [-0.3, -0.25) is 0 Å². The first-order valence-electron chi connectivity index (χ1n) is 47.3. The summed E-state index contributed by atoms with van der Waals surface area (Å²) >= 11 is 0. The van der Waals surface area contributed by atoms with Crippen LogP contribution >= 0.6 is 0 Å². The maximum atomic E-state index is 6.62. The summed E-state index contributed by atoms with van der Waals surface area (Å²) in [6.07, 6.45) is 0. The molecule has 0 bridgehead atoms. The Morgan fingerprint density at radius 2 is 0.404 bits per heavy atom. The van der Waals surface area contributed by atoms with Crippen molar-refractivity contribution in [3.05, 3.63) is 455 Å². The van der Waals surface area contributed by atoms with Gasteiger partial charge in [0.05, 0.1) is 5.56 Å². The van der Waals surface area contributed by atoms with Crippen LogP contribution in [0.3, 0.4) is 0 Å². The van der Waals surface area contributed by atoms with Crippen LogP contribution in [0.15, 0.2) is 468 Å². The normalized spacial score (nSPS) is 11.8. The Bertz CT molecular complexity index is 10500. The summed E-state index contributed by atoms with van der Waals surface area (Å²) in [6.45, 7) is 0. The fourth-order valence-electron chi connectivity index (χ4n) is 20.8. The smallest absolute Gasteiger partial charge is 0.167 e. The number of para-hydroxylation sites is 1. The third-order valence-corrected chi connectivity index (χ3v) is 27.8. The summed E-state index contributed by atoms with van der Waals surface area (Å²) in [5, 5.41) is 34.2. The molecular formula is C129H75N9O3. The largest absolute Gasteiger partial charge is 0.456 e. The summed E-state index contributed by atoms with van der Waals surface area (Å²) in [7, 11) is 0. The number of hydrogen-bond donors (Lipinski definition) is 0. The Balaban J connectivity index is 0.000000104. The molecular weight excluding hydrogens is 1720 g/mol. The van der Waals surface area contributed by atoms with Crippen LogP contribution in [0.25, 0.3) is 298 Å². The molecule has 0 N–H and O–H groups in total. The zero-order valence-corrected chi connectivity index (χ0v) is 75.6. The average molecular weight is 1800 g/mol. The lowest BCUT2D eigenvalue weighted by Crippen LogP contribution is -2.01. The molecule has 0 aliphatic carbocycles. The Hall–Kier alpha value is -19.2. The van der Waals surface area contributed by atoms with Crippen molar-refractivity contribution in [2.24, 2.45) is 0 Å². The summed E-state index contributed by atoms with van der Waals surface area (Å²) < 4.78 is 19.5. The van der Waals surface area contributed by atoms with Crippen LogP contribution in [0.5, 0.6) is 0 Å². The molecule has 0 atom stereocenters. The first-order chi connectivity index (χ1) is 69.8. The summed E-state index contributed by atoms with van der Waals surface area (Å²) in [5.74, 6) is 5.54. The predicted octanol–water partition coefficient (Wildman–Crippen LogP) is 34.2. The summed E-state index contributed by atoms with van der Waals surface area (Å²) in [5.41, 5.74) is 13.2. The van der Waals surface area contributed by atoms with E-state index in [1.54, 1.807) is 0 Å². The number of nitrogens with zero attached hydrogens (tertiary/aromatic N) is 9. The average Bonchev–Trinajstić information content (AvgIpc) is 1.74. The molecule has 12 nitrogen and oxygen atoms in total. The van der Waals surface area contributed by atoms with Crippen LogP contribution in [0.2, 0.25) is 0 Å². The molecule has 30 rings (SSSR count). The molecule has 654 valence electrons. The van der Waals surface area contributed by atoms with Crippen LogP contribution in [-0.4, -0.2) is 44.9 Å². The van der Waals surface area contributed by atoms with Crippen molar-refractivity contribution in [1.29, 1.82) is 0 Å². The van der Waals surface area contributed by atoms with E-state index in [0.29, 0.717) is 52.4 Å². The van der Waals surface area contributed by atoms with Gasteiger partial charge in [-0.15, -0.1) is 0 Å². The van der Waals surface area contributed by atoms with Crippen molar-refractivity contribution in [3.8, 4) is 102 Å². The van der Waals surface area contributed by atoms with E-state index in [4.69, 9.17) is 58.1 Å². The van der Waals surface area contributed by atoms with E-state index >= 15 is 0 Å². The van der Waals surface area contributed by atoms with E-state index in [1.165, 1.54) is 70.0 Å². The van der Waals surface area contributed by atoms with Gasteiger partial charge in [0.15, 0.2) is 52.4 Å². The summed E-state index contributed by atoms with van der Waals surface area (Å²) in [4.78, 5) is 46.4. The van der Waals surface area contributed by atoms with Gasteiger partial charge < -0.3 is 13.3 Å². The minimum Gasteiger partial charge on any atom is -0.456 e.